The number of aliphatic hydroxyl groups excluding tert-OH is 1. The summed E-state index contributed by atoms with van der Waals surface area (Å²) < 4.78 is 25.0. The van der Waals surface area contributed by atoms with Gasteiger partial charge >= 0.3 is 0 Å². The van der Waals surface area contributed by atoms with Crippen molar-refractivity contribution in [3.63, 3.8) is 0 Å². The lowest BCUT2D eigenvalue weighted by Gasteiger charge is -2.26. The largest absolute Gasteiger partial charge is 0.507 e. The Labute approximate surface area is 239 Å². The first-order valence-electron chi connectivity index (χ1n) is 14.1. The molecule has 2 aromatic carbocycles. The molecule has 1 atom stereocenters. The first kappa shape index (κ1) is 28.1. The van der Waals surface area contributed by atoms with Gasteiger partial charge in [-0.3, -0.25) is 9.59 Å². The van der Waals surface area contributed by atoms with Gasteiger partial charge in [-0.2, -0.15) is 0 Å². The average molecular weight is 562 g/mol. The number of hydrogen-bond acceptors (Lipinski definition) is 8. The number of hydrogen-bond donors (Lipinski definition) is 1. The molecule has 2 aliphatic heterocycles. The predicted octanol–water partition coefficient (Wildman–Crippen LogP) is 4.74. The van der Waals surface area contributed by atoms with Crippen LogP contribution in [0.25, 0.3) is 5.76 Å². The summed E-state index contributed by atoms with van der Waals surface area (Å²) in [5, 5.41) is 11.5. The number of likely N-dealkylation sites (tertiary alicyclic amines) is 1. The van der Waals surface area contributed by atoms with Crippen LogP contribution in [0.4, 0.5) is 0 Å². The number of aryl methyl sites for hydroxylation is 1. The van der Waals surface area contributed by atoms with Crippen LogP contribution in [0.1, 0.15) is 50.3 Å². The first-order chi connectivity index (χ1) is 20.0. The Morgan fingerprint density at radius 3 is 2.59 bits per heavy atom. The van der Waals surface area contributed by atoms with E-state index in [0.29, 0.717) is 80.1 Å². The zero-order valence-electron chi connectivity index (χ0n) is 23.4. The van der Waals surface area contributed by atoms with Crippen molar-refractivity contribution in [2.75, 3.05) is 33.0 Å². The summed E-state index contributed by atoms with van der Waals surface area (Å²) in [4.78, 5) is 32.5. The highest BCUT2D eigenvalue weighted by molar-refractivity contribution is 6.46. The number of Topliss-reactive ketones (excluding diaryl/α,β-unsaturated/α-hetero) is 1. The van der Waals surface area contributed by atoms with E-state index < -0.39 is 17.7 Å². The summed E-state index contributed by atoms with van der Waals surface area (Å²) in [5.41, 5.74) is 1.01. The zero-order chi connectivity index (χ0) is 28.8. The minimum atomic E-state index is -0.824. The Morgan fingerprint density at radius 1 is 1.00 bits per heavy atom. The predicted molar refractivity (Wildman–Crippen MR) is 151 cm³/mol. The van der Waals surface area contributed by atoms with Crippen molar-refractivity contribution < 1.29 is 33.6 Å². The topological polar surface area (TPSA) is 112 Å². The van der Waals surface area contributed by atoms with Crippen LogP contribution in [-0.4, -0.2) is 64.2 Å². The molecule has 3 heterocycles. The second-order valence-electron chi connectivity index (χ2n) is 9.85. The van der Waals surface area contributed by atoms with Crippen LogP contribution >= 0.6 is 0 Å². The van der Waals surface area contributed by atoms with Crippen molar-refractivity contribution in [2.24, 2.45) is 0 Å². The molecule has 10 heteroatoms. The van der Waals surface area contributed by atoms with E-state index in [1.165, 1.54) is 4.90 Å². The van der Waals surface area contributed by atoms with E-state index in [9.17, 15) is 14.7 Å². The quantitative estimate of drug-likeness (QED) is 0.146. The lowest BCUT2D eigenvalue weighted by Crippen LogP contribution is -2.31. The van der Waals surface area contributed by atoms with Crippen molar-refractivity contribution in [3.8, 4) is 23.0 Å². The van der Waals surface area contributed by atoms with Crippen molar-refractivity contribution in [2.45, 2.75) is 45.7 Å². The third-order valence-electron chi connectivity index (χ3n) is 7.07. The summed E-state index contributed by atoms with van der Waals surface area (Å²) in [7, 11) is 0. The molecule has 0 saturated carbocycles. The number of ketones is 1. The van der Waals surface area contributed by atoms with Crippen molar-refractivity contribution in [1.29, 1.82) is 0 Å². The molecule has 1 fully saturated rings. The molecular formula is C31H35N3O7. The van der Waals surface area contributed by atoms with Gasteiger partial charge in [0.25, 0.3) is 11.7 Å². The molecule has 216 valence electrons. The zero-order valence-corrected chi connectivity index (χ0v) is 23.4. The number of carbonyl (C=O) groups excluding carboxylic acids is 2. The number of imidazole rings is 1. The van der Waals surface area contributed by atoms with Gasteiger partial charge in [-0.1, -0.05) is 19.4 Å². The molecule has 1 N–H and O–H groups in total. The van der Waals surface area contributed by atoms with E-state index in [-0.39, 0.29) is 11.3 Å². The van der Waals surface area contributed by atoms with Gasteiger partial charge in [-0.15, -0.1) is 0 Å². The van der Waals surface area contributed by atoms with Gasteiger partial charge in [0.1, 0.15) is 19.0 Å². The van der Waals surface area contributed by atoms with Crippen molar-refractivity contribution in [1.82, 2.24) is 14.5 Å². The highest BCUT2D eigenvalue weighted by atomic mass is 16.6. The molecule has 10 nitrogen and oxygen atoms in total. The fourth-order valence-electron chi connectivity index (χ4n) is 5.05. The van der Waals surface area contributed by atoms with E-state index in [0.717, 1.165) is 12.8 Å². The minimum absolute atomic E-state index is 0.0106. The van der Waals surface area contributed by atoms with Gasteiger partial charge < -0.3 is 33.5 Å². The van der Waals surface area contributed by atoms with Gasteiger partial charge in [0.05, 0.1) is 31.2 Å². The molecule has 0 radical (unpaired) electrons. The summed E-state index contributed by atoms with van der Waals surface area (Å²) in [6, 6.07) is 9.56. The van der Waals surface area contributed by atoms with Crippen molar-refractivity contribution in [3.05, 3.63) is 71.8 Å². The van der Waals surface area contributed by atoms with Gasteiger partial charge in [-0.05, 0) is 55.7 Å². The van der Waals surface area contributed by atoms with Crippen LogP contribution in [0.2, 0.25) is 0 Å². The van der Waals surface area contributed by atoms with E-state index in [4.69, 9.17) is 18.9 Å². The Morgan fingerprint density at radius 2 is 1.83 bits per heavy atom. The highest BCUT2D eigenvalue weighted by Gasteiger charge is 2.46. The second kappa shape index (κ2) is 12.8. The molecule has 0 unspecified atom stereocenters. The molecule has 1 amide bonds. The molecule has 0 bridgehead atoms. The smallest absolute Gasteiger partial charge is 0.295 e. The van der Waals surface area contributed by atoms with Gasteiger partial charge in [-0.25, -0.2) is 4.98 Å². The number of nitrogens with zero attached hydrogens (tertiary/aromatic N) is 3. The van der Waals surface area contributed by atoms with Crippen LogP contribution in [0.3, 0.4) is 0 Å². The Hall–Kier alpha value is -4.47. The number of benzene rings is 2. The van der Waals surface area contributed by atoms with E-state index >= 15 is 0 Å². The Kier molecular flexibility index (Phi) is 8.76. The Balaban J connectivity index is 1.55. The maximum absolute atomic E-state index is 13.5. The maximum Gasteiger partial charge on any atom is 0.295 e. The number of unbranched alkanes of at least 4 members (excludes halogenated alkanes) is 1. The fraction of sp³-hybridized carbons (Fsp3) is 0.387. The summed E-state index contributed by atoms with van der Waals surface area (Å²) >= 11 is 0. The lowest BCUT2D eigenvalue weighted by atomic mass is 9.94. The summed E-state index contributed by atoms with van der Waals surface area (Å²) in [6.07, 6.45) is 7.73. The minimum Gasteiger partial charge on any atom is -0.507 e. The highest BCUT2D eigenvalue weighted by Crippen LogP contribution is 2.43. The molecule has 0 aliphatic carbocycles. The van der Waals surface area contributed by atoms with Crippen LogP contribution in [0.15, 0.2) is 60.7 Å². The van der Waals surface area contributed by atoms with E-state index in [1.807, 2.05) is 23.8 Å². The van der Waals surface area contributed by atoms with Gasteiger partial charge in [0.2, 0.25) is 0 Å². The molecule has 3 aromatic rings. The maximum atomic E-state index is 13.5. The lowest BCUT2D eigenvalue weighted by molar-refractivity contribution is -0.139. The number of ether oxygens (including phenoxy) is 4. The molecule has 1 aromatic heterocycles. The van der Waals surface area contributed by atoms with Crippen LogP contribution < -0.4 is 18.9 Å². The number of rotatable bonds is 12. The molecular weight excluding hydrogens is 526 g/mol. The SMILES string of the molecule is CCCCOc1ccc([C@H]2C(=C(O)c3ccc4c(c3)OCCO4)C(=O)C(=O)N2CCCn2ccnc2)cc1OCC. The second-order valence-corrected chi connectivity index (χ2v) is 9.85. The van der Waals surface area contributed by atoms with Crippen LogP contribution in [0, 0.1) is 0 Å². The Bertz CT molecular complexity index is 1420. The molecule has 2 aliphatic rings. The van der Waals surface area contributed by atoms with E-state index in [2.05, 4.69) is 11.9 Å². The van der Waals surface area contributed by atoms with Crippen LogP contribution in [-0.2, 0) is 16.1 Å². The number of carbonyl (C=O) groups is 2. The first-order valence-corrected chi connectivity index (χ1v) is 14.1. The fourth-order valence-corrected chi connectivity index (χ4v) is 5.05. The number of fused-ring (bicyclic) bond motifs is 1. The monoisotopic (exact) mass is 561 g/mol. The number of aromatic nitrogens is 2. The summed E-state index contributed by atoms with van der Waals surface area (Å²) in [6.45, 7) is 6.66. The third-order valence-corrected chi connectivity index (χ3v) is 7.07. The average Bonchev–Trinajstić information content (AvgIpc) is 3.60. The standard InChI is InChI=1S/C31H35N3O7/c1-3-5-15-39-23-9-7-21(18-25(23)38-4-2)28-27(29(35)22-8-10-24-26(19-22)41-17-16-40-24)30(36)31(37)34(28)13-6-12-33-14-11-32-20-33/h7-11,14,18-20,28,35H,3-6,12-13,15-17H2,1-2H3/t28-/m0/s1. The van der Waals surface area contributed by atoms with E-state index in [1.54, 1.807) is 42.9 Å². The molecule has 1 saturated heterocycles. The molecule has 0 spiro atoms. The van der Waals surface area contributed by atoms with Crippen molar-refractivity contribution >= 4 is 17.4 Å². The molecule has 5 rings (SSSR count). The van der Waals surface area contributed by atoms with Crippen LogP contribution in [0.5, 0.6) is 23.0 Å². The molecule has 41 heavy (non-hydrogen) atoms. The summed E-state index contributed by atoms with van der Waals surface area (Å²) in [5.74, 6) is 0.455. The normalized spacial score (nSPS) is 17.6. The van der Waals surface area contributed by atoms with Gasteiger partial charge in [0.15, 0.2) is 23.0 Å². The number of aliphatic hydroxyl groups is 1. The third kappa shape index (κ3) is 6.01. The number of amides is 1. The van der Waals surface area contributed by atoms with Gasteiger partial charge in [0, 0.05) is 31.0 Å².